The van der Waals surface area contributed by atoms with Crippen molar-refractivity contribution in [3.8, 4) is 0 Å². The molecule has 0 spiro atoms. The van der Waals surface area contributed by atoms with Crippen LogP contribution >= 0.6 is 0 Å². The first-order valence-electron chi connectivity index (χ1n) is 8.54. The molecular weight excluding hydrogens is 288 g/mol. The molecule has 1 unspecified atom stereocenters. The average molecular weight is 312 g/mol. The second kappa shape index (κ2) is 6.99. The van der Waals surface area contributed by atoms with Crippen molar-refractivity contribution < 1.29 is 9.59 Å². The number of hydrogen-bond acceptors (Lipinski definition) is 2. The number of fused-ring (bicyclic) bond motifs is 1. The van der Waals surface area contributed by atoms with Crippen LogP contribution in [0.5, 0.6) is 0 Å². The zero-order valence-corrected chi connectivity index (χ0v) is 13.7. The van der Waals surface area contributed by atoms with Crippen molar-refractivity contribution in [3.63, 3.8) is 0 Å². The zero-order valence-electron chi connectivity index (χ0n) is 13.7. The van der Waals surface area contributed by atoms with Gasteiger partial charge in [-0.2, -0.15) is 0 Å². The van der Waals surface area contributed by atoms with Gasteiger partial charge in [0.15, 0.2) is 0 Å². The Kier molecular flexibility index (Phi) is 4.79. The Hall–Kier alpha value is -2.10. The molecule has 4 heteroatoms. The minimum atomic E-state index is -0.0755. The molecule has 0 aromatic heterocycles. The fraction of sp³-hybridized carbons (Fsp3) is 0.474. The summed E-state index contributed by atoms with van der Waals surface area (Å²) in [5, 5.41) is 5.93. The monoisotopic (exact) mass is 312 g/mol. The molecule has 1 fully saturated rings. The van der Waals surface area contributed by atoms with Gasteiger partial charge in [-0.3, -0.25) is 9.59 Å². The number of aryl methyl sites for hydroxylation is 1. The molecule has 1 heterocycles. The lowest BCUT2D eigenvalue weighted by Crippen LogP contribution is -2.30. The molecule has 2 aliphatic rings. The van der Waals surface area contributed by atoms with Crippen LogP contribution in [-0.4, -0.2) is 17.9 Å². The van der Waals surface area contributed by atoms with Gasteiger partial charge in [-0.25, -0.2) is 0 Å². The highest BCUT2D eigenvalue weighted by Gasteiger charge is 2.33. The van der Waals surface area contributed by atoms with Crippen molar-refractivity contribution in [1.29, 1.82) is 0 Å². The number of rotatable bonds is 5. The number of carbonyl (C=O) groups is 2. The molecule has 122 valence electrons. The van der Waals surface area contributed by atoms with E-state index in [1.54, 1.807) is 0 Å². The van der Waals surface area contributed by atoms with E-state index in [-0.39, 0.29) is 24.3 Å². The lowest BCUT2D eigenvalue weighted by Gasteiger charge is -2.20. The van der Waals surface area contributed by atoms with Crippen LogP contribution in [0.2, 0.25) is 0 Å². The number of nitrogens with one attached hydrogen (secondary N) is 2. The largest absolute Gasteiger partial charge is 0.352 e. The highest BCUT2D eigenvalue weighted by molar-refractivity contribution is 6.02. The van der Waals surface area contributed by atoms with Crippen molar-refractivity contribution in [1.82, 2.24) is 10.6 Å². The number of carbonyl (C=O) groups excluding carboxylic acids is 2. The molecule has 1 atom stereocenters. The summed E-state index contributed by atoms with van der Waals surface area (Å²) in [6, 6.07) is 8.44. The van der Waals surface area contributed by atoms with E-state index in [0.717, 1.165) is 37.7 Å². The first kappa shape index (κ1) is 15.8. The predicted molar refractivity (Wildman–Crippen MR) is 89.7 cm³/mol. The molecule has 1 aliphatic heterocycles. The number of benzene rings is 1. The Morgan fingerprint density at radius 2 is 1.96 bits per heavy atom. The predicted octanol–water partition coefficient (Wildman–Crippen LogP) is 2.62. The van der Waals surface area contributed by atoms with Gasteiger partial charge in [0.05, 0.1) is 12.5 Å². The molecule has 3 rings (SSSR count). The van der Waals surface area contributed by atoms with Crippen molar-refractivity contribution >= 4 is 11.8 Å². The van der Waals surface area contributed by atoms with Gasteiger partial charge in [0.2, 0.25) is 11.8 Å². The van der Waals surface area contributed by atoms with E-state index < -0.39 is 0 Å². The standard InChI is InChI=1S/C19H24N2O2/c1-2-13-7-9-14(10-8-13)12-20-18(22)11-16-15-5-3-4-6-17(15)21-19(16)23/h7-10,17H,2-6,11-12H2,1H3,(H,20,22)(H,21,23). The molecule has 1 aromatic rings. The third-order valence-electron chi connectivity index (χ3n) is 4.83. The fourth-order valence-electron chi connectivity index (χ4n) is 3.43. The van der Waals surface area contributed by atoms with Crippen LogP contribution in [-0.2, 0) is 22.6 Å². The van der Waals surface area contributed by atoms with Crippen molar-refractivity contribution in [2.24, 2.45) is 0 Å². The molecule has 0 bridgehead atoms. The van der Waals surface area contributed by atoms with Crippen LogP contribution in [0.1, 0.15) is 50.2 Å². The van der Waals surface area contributed by atoms with E-state index in [0.29, 0.717) is 12.1 Å². The Morgan fingerprint density at radius 3 is 2.70 bits per heavy atom. The maximum Gasteiger partial charge on any atom is 0.248 e. The summed E-state index contributed by atoms with van der Waals surface area (Å²) < 4.78 is 0. The molecular formula is C19H24N2O2. The maximum atomic E-state index is 12.2. The molecule has 2 amide bonds. The molecule has 23 heavy (non-hydrogen) atoms. The minimum absolute atomic E-state index is 0.0469. The highest BCUT2D eigenvalue weighted by atomic mass is 16.2. The Bertz CT molecular complexity index is 631. The Labute approximate surface area is 137 Å². The summed E-state index contributed by atoms with van der Waals surface area (Å²) >= 11 is 0. The van der Waals surface area contributed by atoms with Gasteiger partial charge in [-0.05, 0) is 42.4 Å². The third-order valence-corrected chi connectivity index (χ3v) is 4.83. The van der Waals surface area contributed by atoms with E-state index in [9.17, 15) is 9.59 Å². The van der Waals surface area contributed by atoms with Gasteiger partial charge in [-0.15, -0.1) is 0 Å². The SMILES string of the molecule is CCc1ccc(CNC(=O)CC2=C3CCCCC3NC2=O)cc1. The molecule has 1 aromatic carbocycles. The van der Waals surface area contributed by atoms with Crippen LogP contribution in [0.25, 0.3) is 0 Å². The smallest absolute Gasteiger partial charge is 0.248 e. The minimum Gasteiger partial charge on any atom is -0.352 e. The average Bonchev–Trinajstić information content (AvgIpc) is 2.89. The summed E-state index contributed by atoms with van der Waals surface area (Å²) in [7, 11) is 0. The number of amides is 2. The van der Waals surface area contributed by atoms with E-state index in [1.165, 1.54) is 11.1 Å². The van der Waals surface area contributed by atoms with E-state index in [4.69, 9.17) is 0 Å². The topological polar surface area (TPSA) is 58.2 Å². The summed E-state index contributed by atoms with van der Waals surface area (Å²) in [6.07, 6.45) is 5.45. The summed E-state index contributed by atoms with van der Waals surface area (Å²) in [5.41, 5.74) is 4.25. The molecule has 2 N–H and O–H groups in total. The van der Waals surface area contributed by atoms with Gasteiger partial charge in [0.25, 0.3) is 0 Å². The van der Waals surface area contributed by atoms with Gasteiger partial charge in [0.1, 0.15) is 0 Å². The van der Waals surface area contributed by atoms with Gasteiger partial charge < -0.3 is 10.6 Å². The second-order valence-electron chi connectivity index (χ2n) is 6.40. The summed E-state index contributed by atoms with van der Waals surface area (Å²) in [5.74, 6) is -0.122. The van der Waals surface area contributed by atoms with Crippen LogP contribution in [0.3, 0.4) is 0 Å². The molecule has 0 saturated heterocycles. The summed E-state index contributed by atoms with van der Waals surface area (Å²) in [6.45, 7) is 2.63. The molecule has 0 radical (unpaired) electrons. The van der Waals surface area contributed by atoms with Crippen LogP contribution < -0.4 is 10.6 Å². The van der Waals surface area contributed by atoms with Crippen molar-refractivity contribution in [3.05, 3.63) is 46.5 Å². The fourth-order valence-corrected chi connectivity index (χ4v) is 3.43. The third kappa shape index (κ3) is 3.63. The van der Waals surface area contributed by atoms with E-state index in [2.05, 4.69) is 29.7 Å². The Balaban J connectivity index is 1.57. The highest BCUT2D eigenvalue weighted by Crippen LogP contribution is 2.32. The lowest BCUT2D eigenvalue weighted by molar-refractivity contribution is -0.123. The molecule has 4 nitrogen and oxygen atoms in total. The van der Waals surface area contributed by atoms with E-state index in [1.807, 2.05) is 12.1 Å². The quantitative estimate of drug-likeness (QED) is 0.878. The molecule has 1 saturated carbocycles. The van der Waals surface area contributed by atoms with Crippen molar-refractivity contribution in [2.45, 2.75) is 58.0 Å². The van der Waals surface area contributed by atoms with Crippen LogP contribution in [0.4, 0.5) is 0 Å². The maximum absolute atomic E-state index is 12.2. The van der Waals surface area contributed by atoms with Crippen molar-refractivity contribution in [2.75, 3.05) is 0 Å². The van der Waals surface area contributed by atoms with E-state index >= 15 is 0 Å². The van der Waals surface area contributed by atoms with Gasteiger partial charge >= 0.3 is 0 Å². The first-order chi connectivity index (χ1) is 11.2. The normalized spacial score (nSPS) is 20.2. The molecule has 1 aliphatic carbocycles. The van der Waals surface area contributed by atoms with Gasteiger partial charge in [-0.1, -0.05) is 37.6 Å². The summed E-state index contributed by atoms with van der Waals surface area (Å²) in [4.78, 5) is 24.3. The van der Waals surface area contributed by atoms with Crippen LogP contribution in [0.15, 0.2) is 35.4 Å². The van der Waals surface area contributed by atoms with Crippen LogP contribution in [0, 0.1) is 0 Å². The number of hydrogen-bond donors (Lipinski definition) is 2. The van der Waals surface area contributed by atoms with Gasteiger partial charge in [0, 0.05) is 12.1 Å². The zero-order chi connectivity index (χ0) is 16.2. The first-order valence-corrected chi connectivity index (χ1v) is 8.54. The Morgan fingerprint density at radius 1 is 1.22 bits per heavy atom. The second-order valence-corrected chi connectivity index (χ2v) is 6.40. The lowest BCUT2D eigenvalue weighted by atomic mass is 9.88.